The zero-order chi connectivity index (χ0) is 18.1. The molecule has 0 unspecified atom stereocenters. The molecule has 0 heterocycles. The van der Waals surface area contributed by atoms with Gasteiger partial charge in [-0.15, -0.1) is 0 Å². The molecule has 0 aliphatic carbocycles. The Morgan fingerprint density at radius 3 is 2.00 bits per heavy atom. The molecule has 0 aliphatic rings. The molecule has 0 fully saturated rings. The first-order valence-electron chi connectivity index (χ1n) is 7.98. The van der Waals surface area contributed by atoms with Crippen LogP contribution in [-0.2, 0) is 4.79 Å². The number of amides is 2. The first-order valence-corrected chi connectivity index (χ1v) is 7.98. The molecule has 25 heavy (non-hydrogen) atoms. The minimum Gasteiger partial charge on any atom is -0.497 e. The summed E-state index contributed by atoms with van der Waals surface area (Å²) in [5.74, 6) is 1.17. The number of anilines is 1. The van der Waals surface area contributed by atoms with Crippen molar-refractivity contribution in [3.05, 3.63) is 54.1 Å². The summed E-state index contributed by atoms with van der Waals surface area (Å²) < 4.78 is 10.1. The van der Waals surface area contributed by atoms with E-state index in [1.54, 1.807) is 62.8 Å². The molecule has 132 valence electrons. The highest BCUT2D eigenvalue weighted by Crippen LogP contribution is 2.15. The summed E-state index contributed by atoms with van der Waals surface area (Å²) in [6.07, 6.45) is 0.888. The van der Waals surface area contributed by atoms with Crippen molar-refractivity contribution >= 4 is 17.5 Å². The molecule has 2 N–H and O–H groups in total. The second-order valence-corrected chi connectivity index (χ2v) is 5.36. The van der Waals surface area contributed by atoms with Crippen LogP contribution in [0.25, 0.3) is 0 Å². The monoisotopic (exact) mass is 342 g/mol. The molecule has 0 atom stereocenters. The maximum atomic E-state index is 12.0. The van der Waals surface area contributed by atoms with Gasteiger partial charge in [0.1, 0.15) is 11.5 Å². The Morgan fingerprint density at radius 2 is 1.44 bits per heavy atom. The molecule has 2 aromatic carbocycles. The highest BCUT2D eigenvalue weighted by molar-refractivity contribution is 5.94. The Kier molecular flexibility index (Phi) is 6.83. The van der Waals surface area contributed by atoms with E-state index in [9.17, 15) is 9.59 Å². The second-order valence-electron chi connectivity index (χ2n) is 5.36. The molecule has 0 radical (unpaired) electrons. The third-order valence-corrected chi connectivity index (χ3v) is 3.59. The number of hydrogen-bond donors (Lipinski definition) is 2. The van der Waals surface area contributed by atoms with E-state index in [0.29, 0.717) is 36.4 Å². The fraction of sp³-hybridized carbons (Fsp3) is 0.263. The second kappa shape index (κ2) is 9.32. The average molecular weight is 342 g/mol. The van der Waals surface area contributed by atoms with Crippen LogP contribution in [0.2, 0.25) is 0 Å². The lowest BCUT2D eigenvalue weighted by Gasteiger charge is -2.08. The molecular formula is C19H22N2O4. The van der Waals surface area contributed by atoms with Gasteiger partial charge in [-0.05, 0) is 55.0 Å². The van der Waals surface area contributed by atoms with Crippen molar-refractivity contribution in [2.45, 2.75) is 12.8 Å². The third-order valence-electron chi connectivity index (χ3n) is 3.59. The van der Waals surface area contributed by atoms with Gasteiger partial charge in [0, 0.05) is 24.2 Å². The van der Waals surface area contributed by atoms with Gasteiger partial charge in [0.05, 0.1) is 14.2 Å². The van der Waals surface area contributed by atoms with Crippen LogP contribution >= 0.6 is 0 Å². The maximum absolute atomic E-state index is 12.0. The van der Waals surface area contributed by atoms with E-state index in [1.807, 2.05) is 0 Å². The van der Waals surface area contributed by atoms with E-state index in [0.717, 1.165) is 5.75 Å². The zero-order valence-electron chi connectivity index (χ0n) is 14.4. The number of methoxy groups -OCH3 is 2. The van der Waals surface area contributed by atoms with Crippen molar-refractivity contribution in [2.75, 3.05) is 26.1 Å². The molecule has 2 rings (SSSR count). The number of ether oxygens (including phenoxy) is 2. The highest BCUT2D eigenvalue weighted by Gasteiger charge is 2.06. The lowest BCUT2D eigenvalue weighted by molar-refractivity contribution is -0.116. The van der Waals surface area contributed by atoms with Gasteiger partial charge in [0.25, 0.3) is 5.91 Å². The van der Waals surface area contributed by atoms with Crippen molar-refractivity contribution < 1.29 is 19.1 Å². The Bertz CT molecular complexity index is 696. The molecule has 0 bridgehead atoms. The molecule has 0 aromatic heterocycles. The van der Waals surface area contributed by atoms with Crippen LogP contribution in [-0.4, -0.2) is 32.6 Å². The zero-order valence-corrected chi connectivity index (χ0v) is 14.4. The number of rotatable bonds is 8. The van der Waals surface area contributed by atoms with E-state index in [-0.39, 0.29) is 11.8 Å². The lowest BCUT2D eigenvalue weighted by Crippen LogP contribution is -2.25. The number of carbonyl (C=O) groups excluding carboxylic acids is 2. The van der Waals surface area contributed by atoms with Gasteiger partial charge >= 0.3 is 0 Å². The molecule has 6 heteroatoms. The fourth-order valence-corrected chi connectivity index (χ4v) is 2.19. The summed E-state index contributed by atoms with van der Waals surface area (Å²) in [4.78, 5) is 23.9. The molecule has 0 aliphatic heterocycles. The molecule has 0 spiro atoms. The third kappa shape index (κ3) is 5.84. The Hall–Kier alpha value is -3.02. The largest absolute Gasteiger partial charge is 0.497 e. The van der Waals surface area contributed by atoms with Crippen LogP contribution < -0.4 is 20.1 Å². The number of carbonyl (C=O) groups is 2. The quantitative estimate of drug-likeness (QED) is 0.723. The average Bonchev–Trinajstić information content (AvgIpc) is 2.65. The van der Waals surface area contributed by atoms with Crippen LogP contribution in [0.3, 0.4) is 0 Å². The highest BCUT2D eigenvalue weighted by atomic mass is 16.5. The standard InChI is InChI=1S/C19H22N2O4/c1-24-16-9-5-14(6-10-16)19(23)20-13-3-4-18(22)21-15-7-11-17(25-2)12-8-15/h5-12H,3-4,13H2,1-2H3,(H,20,23)(H,21,22). The van der Waals surface area contributed by atoms with Gasteiger partial charge in [-0.1, -0.05) is 0 Å². The van der Waals surface area contributed by atoms with Gasteiger partial charge < -0.3 is 20.1 Å². The summed E-state index contributed by atoms with van der Waals surface area (Å²) in [5.41, 5.74) is 1.27. The van der Waals surface area contributed by atoms with Gasteiger partial charge in [-0.25, -0.2) is 0 Å². The smallest absolute Gasteiger partial charge is 0.251 e. The normalized spacial score (nSPS) is 10.0. The molecule has 2 amide bonds. The summed E-state index contributed by atoms with van der Waals surface area (Å²) in [7, 11) is 3.17. The Morgan fingerprint density at radius 1 is 0.880 bits per heavy atom. The first kappa shape index (κ1) is 18.3. The first-order chi connectivity index (χ1) is 12.1. The number of benzene rings is 2. The maximum Gasteiger partial charge on any atom is 0.251 e. The molecular weight excluding hydrogens is 320 g/mol. The van der Waals surface area contributed by atoms with Gasteiger partial charge in [0.15, 0.2) is 0 Å². The predicted molar refractivity (Wildman–Crippen MR) is 96.2 cm³/mol. The minimum atomic E-state index is -0.168. The molecule has 2 aromatic rings. The summed E-state index contributed by atoms with van der Waals surface area (Å²) in [5, 5.41) is 5.60. The van der Waals surface area contributed by atoms with Crippen molar-refractivity contribution in [3.63, 3.8) is 0 Å². The van der Waals surface area contributed by atoms with Crippen molar-refractivity contribution in [1.29, 1.82) is 0 Å². The molecule has 6 nitrogen and oxygen atoms in total. The Labute approximate surface area is 147 Å². The van der Waals surface area contributed by atoms with Crippen LogP contribution in [0.1, 0.15) is 23.2 Å². The van der Waals surface area contributed by atoms with Crippen LogP contribution in [0.15, 0.2) is 48.5 Å². The van der Waals surface area contributed by atoms with Gasteiger partial charge in [0.2, 0.25) is 5.91 Å². The SMILES string of the molecule is COc1ccc(NC(=O)CCCNC(=O)c2ccc(OC)cc2)cc1. The lowest BCUT2D eigenvalue weighted by atomic mass is 10.2. The molecule has 0 saturated heterocycles. The summed E-state index contributed by atoms with van der Waals surface area (Å²) in [6, 6.07) is 14.0. The van der Waals surface area contributed by atoms with Crippen molar-refractivity contribution in [1.82, 2.24) is 5.32 Å². The van der Waals surface area contributed by atoms with E-state index in [2.05, 4.69) is 10.6 Å². The fourth-order valence-electron chi connectivity index (χ4n) is 2.19. The number of hydrogen-bond acceptors (Lipinski definition) is 4. The topological polar surface area (TPSA) is 76.7 Å². The number of nitrogens with one attached hydrogen (secondary N) is 2. The Balaban J connectivity index is 1.68. The van der Waals surface area contributed by atoms with Crippen molar-refractivity contribution in [2.24, 2.45) is 0 Å². The molecule has 0 saturated carbocycles. The minimum absolute atomic E-state index is 0.0936. The van der Waals surface area contributed by atoms with E-state index < -0.39 is 0 Å². The van der Waals surface area contributed by atoms with Crippen LogP contribution in [0.4, 0.5) is 5.69 Å². The van der Waals surface area contributed by atoms with E-state index >= 15 is 0 Å². The van der Waals surface area contributed by atoms with Crippen LogP contribution in [0, 0.1) is 0 Å². The summed E-state index contributed by atoms with van der Waals surface area (Å²) >= 11 is 0. The van der Waals surface area contributed by atoms with E-state index in [4.69, 9.17) is 9.47 Å². The van der Waals surface area contributed by atoms with Gasteiger partial charge in [-0.3, -0.25) is 9.59 Å². The summed E-state index contributed by atoms with van der Waals surface area (Å²) in [6.45, 7) is 0.431. The van der Waals surface area contributed by atoms with Gasteiger partial charge in [-0.2, -0.15) is 0 Å². The van der Waals surface area contributed by atoms with Crippen molar-refractivity contribution in [3.8, 4) is 11.5 Å². The van der Waals surface area contributed by atoms with E-state index in [1.165, 1.54) is 0 Å². The van der Waals surface area contributed by atoms with Crippen LogP contribution in [0.5, 0.6) is 11.5 Å². The predicted octanol–water partition coefficient (Wildman–Crippen LogP) is 2.85.